The third-order valence-electron chi connectivity index (χ3n) is 4.17. The fraction of sp³-hybridized carbons (Fsp3) is 0.500. The monoisotopic (exact) mass is 274 g/mol. The van der Waals surface area contributed by atoms with Gasteiger partial charge in [-0.2, -0.15) is 0 Å². The number of H-pyrrole nitrogens is 1. The minimum Gasteiger partial charge on any atom is -0.355 e. The summed E-state index contributed by atoms with van der Waals surface area (Å²) in [7, 11) is 0. The molecule has 20 heavy (non-hydrogen) atoms. The first-order valence-electron chi connectivity index (χ1n) is 6.94. The van der Waals surface area contributed by atoms with Crippen LogP contribution >= 0.6 is 0 Å². The molecule has 1 heterocycles. The Kier molecular flexibility index (Phi) is 3.08. The van der Waals surface area contributed by atoms with Gasteiger partial charge < -0.3 is 10.3 Å². The highest BCUT2D eigenvalue weighted by Crippen LogP contribution is 2.37. The molecular weight excluding hydrogens is 256 g/mol. The van der Waals surface area contributed by atoms with E-state index in [9.17, 15) is 10.1 Å². The molecule has 0 amide bonds. The molecule has 106 valence electrons. The Bertz CT molecular complexity index is 644. The Morgan fingerprint density at radius 3 is 2.90 bits per heavy atom. The van der Waals surface area contributed by atoms with Crippen LogP contribution in [0.2, 0.25) is 0 Å². The maximum atomic E-state index is 10.7. The lowest BCUT2D eigenvalue weighted by Gasteiger charge is -2.23. The molecule has 2 N–H and O–H groups in total. The summed E-state index contributed by atoms with van der Waals surface area (Å²) in [6.07, 6.45) is 5.08. The number of aromatic amines is 1. The van der Waals surface area contributed by atoms with Crippen LogP contribution in [-0.2, 0) is 0 Å². The second-order valence-electron chi connectivity index (χ2n) is 5.92. The summed E-state index contributed by atoms with van der Waals surface area (Å²) >= 11 is 0. The fourth-order valence-electron chi connectivity index (χ4n) is 2.90. The zero-order valence-electron chi connectivity index (χ0n) is 11.5. The van der Waals surface area contributed by atoms with Crippen molar-refractivity contribution in [1.82, 2.24) is 9.97 Å². The first-order chi connectivity index (χ1) is 9.56. The number of nitro benzene ring substituents is 1. The van der Waals surface area contributed by atoms with Crippen molar-refractivity contribution in [2.75, 3.05) is 11.9 Å². The molecule has 3 rings (SSSR count). The largest absolute Gasteiger partial charge is 0.355 e. The molecule has 0 atom stereocenters. The maximum Gasteiger partial charge on any atom is 0.271 e. The molecule has 0 saturated heterocycles. The van der Waals surface area contributed by atoms with Crippen LogP contribution in [-0.4, -0.2) is 21.4 Å². The second-order valence-corrected chi connectivity index (χ2v) is 5.92. The summed E-state index contributed by atoms with van der Waals surface area (Å²) in [5, 5.41) is 14.1. The highest BCUT2D eigenvalue weighted by molar-refractivity contribution is 5.79. The molecule has 1 aliphatic rings. The van der Waals surface area contributed by atoms with E-state index in [2.05, 4.69) is 22.2 Å². The van der Waals surface area contributed by atoms with Crippen molar-refractivity contribution in [2.24, 2.45) is 5.41 Å². The number of hydrogen-bond acceptors (Lipinski definition) is 4. The first-order valence-corrected chi connectivity index (χ1v) is 6.94. The highest BCUT2D eigenvalue weighted by atomic mass is 16.6. The van der Waals surface area contributed by atoms with E-state index in [1.54, 1.807) is 6.07 Å². The Hall–Kier alpha value is -2.11. The summed E-state index contributed by atoms with van der Waals surface area (Å²) in [6, 6.07) is 4.67. The number of anilines is 1. The van der Waals surface area contributed by atoms with Crippen LogP contribution in [0.15, 0.2) is 18.2 Å². The van der Waals surface area contributed by atoms with E-state index in [1.165, 1.54) is 37.8 Å². The van der Waals surface area contributed by atoms with Crippen LogP contribution in [0, 0.1) is 15.5 Å². The average Bonchev–Trinajstić information content (AvgIpc) is 3.01. The Morgan fingerprint density at radius 2 is 2.20 bits per heavy atom. The predicted molar refractivity (Wildman–Crippen MR) is 77.8 cm³/mol. The van der Waals surface area contributed by atoms with Gasteiger partial charge in [0.15, 0.2) is 0 Å². The van der Waals surface area contributed by atoms with E-state index < -0.39 is 4.92 Å². The first kappa shape index (κ1) is 12.9. The molecule has 1 fully saturated rings. The van der Waals surface area contributed by atoms with Gasteiger partial charge in [0.05, 0.1) is 16.0 Å². The molecule has 0 bridgehead atoms. The number of rotatable bonds is 4. The van der Waals surface area contributed by atoms with Gasteiger partial charge in [-0.3, -0.25) is 10.1 Å². The minimum atomic E-state index is -0.396. The van der Waals surface area contributed by atoms with E-state index in [0.29, 0.717) is 16.9 Å². The van der Waals surface area contributed by atoms with Gasteiger partial charge in [0, 0.05) is 18.7 Å². The second kappa shape index (κ2) is 4.77. The molecule has 6 heteroatoms. The Morgan fingerprint density at radius 1 is 1.45 bits per heavy atom. The summed E-state index contributed by atoms with van der Waals surface area (Å²) < 4.78 is 0. The summed E-state index contributed by atoms with van der Waals surface area (Å²) in [5.74, 6) is 0.689. The normalized spacial score (nSPS) is 17.4. The highest BCUT2D eigenvalue weighted by Gasteiger charge is 2.28. The number of nitrogens with one attached hydrogen (secondary N) is 2. The molecule has 6 nitrogen and oxygen atoms in total. The van der Waals surface area contributed by atoms with Crippen LogP contribution < -0.4 is 5.32 Å². The lowest BCUT2D eigenvalue weighted by atomic mass is 9.89. The van der Waals surface area contributed by atoms with Crippen molar-refractivity contribution in [2.45, 2.75) is 32.6 Å². The molecule has 0 unspecified atom stereocenters. The van der Waals surface area contributed by atoms with Gasteiger partial charge in [-0.05, 0) is 24.3 Å². The van der Waals surface area contributed by atoms with Crippen molar-refractivity contribution in [1.29, 1.82) is 0 Å². The quantitative estimate of drug-likeness (QED) is 0.660. The van der Waals surface area contributed by atoms with Crippen LogP contribution in [0.25, 0.3) is 11.0 Å². The van der Waals surface area contributed by atoms with Gasteiger partial charge in [0.2, 0.25) is 5.95 Å². The summed E-state index contributed by atoms with van der Waals surface area (Å²) in [5.41, 5.74) is 1.86. The smallest absolute Gasteiger partial charge is 0.271 e. The van der Waals surface area contributed by atoms with Crippen LogP contribution in [0.1, 0.15) is 32.6 Å². The minimum absolute atomic E-state index is 0.0791. The average molecular weight is 274 g/mol. The third-order valence-corrected chi connectivity index (χ3v) is 4.17. The van der Waals surface area contributed by atoms with Crippen LogP contribution in [0.4, 0.5) is 11.6 Å². The van der Waals surface area contributed by atoms with Gasteiger partial charge in [0.1, 0.15) is 0 Å². The van der Waals surface area contributed by atoms with Gasteiger partial charge >= 0.3 is 0 Å². The molecule has 0 spiro atoms. The number of nitrogens with zero attached hydrogens (tertiary/aromatic N) is 2. The summed E-state index contributed by atoms with van der Waals surface area (Å²) in [6.45, 7) is 3.18. The number of fused-ring (bicyclic) bond motifs is 1. The van der Waals surface area contributed by atoms with Gasteiger partial charge in [-0.25, -0.2) is 4.98 Å². The van der Waals surface area contributed by atoms with Crippen molar-refractivity contribution < 1.29 is 4.92 Å². The lowest BCUT2D eigenvalue weighted by molar-refractivity contribution is -0.384. The van der Waals surface area contributed by atoms with E-state index in [-0.39, 0.29) is 5.69 Å². The molecule has 1 saturated carbocycles. The third kappa shape index (κ3) is 2.45. The predicted octanol–water partition coefficient (Wildman–Crippen LogP) is 3.46. The van der Waals surface area contributed by atoms with Gasteiger partial charge in [-0.1, -0.05) is 19.8 Å². The maximum absolute atomic E-state index is 10.7. The zero-order valence-corrected chi connectivity index (χ0v) is 11.5. The summed E-state index contributed by atoms with van der Waals surface area (Å²) in [4.78, 5) is 17.9. The SMILES string of the molecule is CC1(CNc2nc3ccc([N+](=O)[O-])cc3[nH]2)CCCC1. The van der Waals surface area contributed by atoms with Gasteiger partial charge in [-0.15, -0.1) is 0 Å². The van der Waals surface area contributed by atoms with Crippen molar-refractivity contribution >= 4 is 22.7 Å². The lowest BCUT2D eigenvalue weighted by Crippen LogP contribution is -2.23. The van der Waals surface area contributed by atoms with Crippen molar-refractivity contribution in [3.63, 3.8) is 0 Å². The zero-order chi connectivity index (χ0) is 14.2. The molecular formula is C14H18N4O2. The topological polar surface area (TPSA) is 83.8 Å². The standard InChI is InChI=1S/C14H18N4O2/c1-14(6-2-3-7-14)9-15-13-16-11-5-4-10(18(19)20)8-12(11)17-13/h4-5,8H,2-3,6-7,9H2,1H3,(H2,15,16,17). The number of benzene rings is 1. The molecule has 2 aromatic rings. The van der Waals surface area contributed by atoms with E-state index in [4.69, 9.17) is 0 Å². The van der Waals surface area contributed by atoms with Crippen LogP contribution in [0.3, 0.4) is 0 Å². The molecule has 0 aliphatic heterocycles. The Balaban J connectivity index is 1.77. The number of hydrogen-bond donors (Lipinski definition) is 2. The number of non-ortho nitro benzene ring substituents is 1. The molecule has 0 radical (unpaired) electrons. The van der Waals surface area contributed by atoms with Crippen LogP contribution in [0.5, 0.6) is 0 Å². The fourth-order valence-corrected chi connectivity index (χ4v) is 2.90. The molecule has 1 aromatic heterocycles. The van der Waals surface area contributed by atoms with Crippen molar-refractivity contribution in [3.8, 4) is 0 Å². The van der Waals surface area contributed by atoms with E-state index in [1.807, 2.05) is 0 Å². The number of imidazole rings is 1. The van der Waals surface area contributed by atoms with Crippen molar-refractivity contribution in [3.05, 3.63) is 28.3 Å². The van der Waals surface area contributed by atoms with E-state index in [0.717, 1.165) is 12.1 Å². The number of nitro groups is 1. The molecule has 1 aromatic carbocycles. The van der Waals surface area contributed by atoms with Gasteiger partial charge in [0.25, 0.3) is 5.69 Å². The number of aromatic nitrogens is 2. The Labute approximate surface area is 116 Å². The van der Waals surface area contributed by atoms with E-state index >= 15 is 0 Å². The molecule has 1 aliphatic carbocycles.